The summed E-state index contributed by atoms with van der Waals surface area (Å²) in [6, 6.07) is 6.83. The Balaban J connectivity index is 2.47. The zero-order valence-electron chi connectivity index (χ0n) is 12.7. The van der Waals surface area contributed by atoms with Gasteiger partial charge in [-0.3, -0.25) is 0 Å². The lowest BCUT2D eigenvalue weighted by Gasteiger charge is -2.20. The molecule has 0 aliphatic carbocycles. The molecule has 3 heteroatoms. The van der Waals surface area contributed by atoms with Gasteiger partial charge < -0.3 is 15.8 Å². The number of nitrogens with one attached hydrogen (secondary N) is 1. The molecule has 1 aromatic rings. The molecule has 1 unspecified atom stereocenters. The summed E-state index contributed by atoms with van der Waals surface area (Å²) in [7, 11) is 0. The van der Waals surface area contributed by atoms with Gasteiger partial charge >= 0.3 is 0 Å². The van der Waals surface area contributed by atoms with E-state index in [2.05, 4.69) is 44.3 Å². The van der Waals surface area contributed by atoms with Gasteiger partial charge in [0.05, 0.1) is 6.61 Å². The van der Waals surface area contributed by atoms with E-state index in [1.807, 2.05) is 6.92 Å². The van der Waals surface area contributed by atoms with E-state index in [1.165, 1.54) is 11.1 Å². The van der Waals surface area contributed by atoms with Gasteiger partial charge in [0.2, 0.25) is 0 Å². The molecule has 1 atom stereocenters. The van der Waals surface area contributed by atoms with E-state index in [9.17, 15) is 0 Å². The summed E-state index contributed by atoms with van der Waals surface area (Å²) in [5.41, 5.74) is 8.30. The molecule has 0 bridgehead atoms. The van der Waals surface area contributed by atoms with E-state index in [-0.39, 0.29) is 0 Å². The second-order valence-electron chi connectivity index (χ2n) is 5.32. The van der Waals surface area contributed by atoms with Crippen LogP contribution < -0.4 is 15.8 Å². The number of ether oxygens (including phenoxy) is 1. The van der Waals surface area contributed by atoms with Crippen LogP contribution in [0.4, 0.5) is 0 Å². The lowest BCUT2D eigenvalue weighted by molar-refractivity contribution is 0.338. The van der Waals surface area contributed by atoms with Crippen LogP contribution in [-0.4, -0.2) is 25.7 Å². The van der Waals surface area contributed by atoms with Crippen molar-refractivity contribution in [3.8, 4) is 5.75 Å². The molecule has 0 aliphatic rings. The number of hydrogen-bond donors (Lipinski definition) is 2. The monoisotopic (exact) mass is 264 g/mol. The Bertz CT molecular complexity index is 377. The van der Waals surface area contributed by atoms with E-state index in [0.29, 0.717) is 25.1 Å². The first-order valence-corrected chi connectivity index (χ1v) is 7.24. The number of aryl methyl sites for hydroxylation is 1. The van der Waals surface area contributed by atoms with Crippen LogP contribution in [0.25, 0.3) is 0 Å². The predicted molar refractivity (Wildman–Crippen MR) is 81.7 cm³/mol. The molecule has 0 aliphatic heterocycles. The Morgan fingerprint density at radius 2 is 2.05 bits per heavy atom. The highest BCUT2D eigenvalue weighted by atomic mass is 16.5. The Kier molecular flexibility index (Phi) is 6.89. The lowest BCUT2D eigenvalue weighted by Crippen LogP contribution is -2.41. The first-order chi connectivity index (χ1) is 9.08. The van der Waals surface area contributed by atoms with Crippen molar-refractivity contribution in [3.63, 3.8) is 0 Å². The van der Waals surface area contributed by atoms with Crippen molar-refractivity contribution in [2.45, 2.75) is 40.2 Å². The second kappa shape index (κ2) is 8.18. The van der Waals surface area contributed by atoms with E-state index in [0.717, 1.165) is 18.7 Å². The third kappa shape index (κ3) is 5.21. The standard InChI is InChI=1S/C16H28N2O/c1-5-19-16-7-6-14(10-13(16)4)8-9-18-15(11-17)12(2)3/h6-7,10,12,15,18H,5,8-9,11,17H2,1-4H3. The lowest BCUT2D eigenvalue weighted by atomic mass is 10.0. The van der Waals surface area contributed by atoms with Crippen LogP contribution in [0.1, 0.15) is 31.9 Å². The fraction of sp³-hybridized carbons (Fsp3) is 0.625. The zero-order chi connectivity index (χ0) is 14.3. The van der Waals surface area contributed by atoms with Gasteiger partial charge in [0, 0.05) is 12.6 Å². The molecule has 0 amide bonds. The molecule has 108 valence electrons. The normalized spacial score (nSPS) is 12.7. The van der Waals surface area contributed by atoms with Gasteiger partial charge in [0.15, 0.2) is 0 Å². The summed E-state index contributed by atoms with van der Waals surface area (Å²) in [6.45, 7) is 10.9. The average molecular weight is 264 g/mol. The van der Waals surface area contributed by atoms with Crippen molar-refractivity contribution in [2.24, 2.45) is 11.7 Å². The SMILES string of the molecule is CCOc1ccc(CCNC(CN)C(C)C)cc1C. The minimum absolute atomic E-state index is 0.406. The van der Waals surface area contributed by atoms with Crippen LogP contribution >= 0.6 is 0 Å². The molecule has 3 nitrogen and oxygen atoms in total. The maximum atomic E-state index is 5.75. The minimum atomic E-state index is 0.406. The summed E-state index contributed by atoms with van der Waals surface area (Å²) in [5.74, 6) is 1.56. The summed E-state index contributed by atoms with van der Waals surface area (Å²) in [5, 5.41) is 3.52. The molecule has 0 heterocycles. The van der Waals surface area contributed by atoms with Crippen LogP contribution in [-0.2, 0) is 6.42 Å². The van der Waals surface area contributed by atoms with Crippen LogP contribution in [0.2, 0.25) is 0 Å². The first-order valence-electron chi connectivity index (χ1n) is 7.24. The molecule has 0 saturated carbocycles. The maximum Gasteiger partial charge on any atom is 0.122 e. The van der Waals surface area contributed by atoms with Gasteiger partial charge in [0.1, 0.15) is 5.75 Å². The number of benzene rings is 1. The summed E-state index contributed by atoms with van der Waals surface area (Å²) in [4.78, 5) is 0. The fourth-order valence-corrected chi connectivity index (χ4v) is 2.18. The van der Waals surface area contributed by atoms with Crippen molar-refractivity contribution in [2.75, 3.05) is 19.7 Å². The van der Waals surface area contributed by atoms with Crippen LogP contribution in [0.5, 0.6) is 5.75 Å². The Hall–Kier alpha value is -1.06. The summed E-state index contributed by atoms with van der Waals surface area (Å²) < 4.78 is 5.55. The van der Waals surface area contributed by atoms with Gasteiger partial charge in [-0.05, 0) is 49.9 Å². The highest BCUT2D eigenvalue weighted by Crippen LogP contribution is 2.19. The van der Waals surface area contributed by atoms with Crippen molar-refractivity contribution in [3.05, 3.63) is 29.3 Å². The van der Waals surface area contributed by atoms with Gasteiger partial charge in [0.25, 0.3) is 0 Å². The summed E-state index contributed by atoms with van der Waals surface area (Å²) >= 11 is 0. The van der Waals surface area contributed by atoms with E-state index in [4.69, 9.17) is 10.5 Å². The largest absolute Gasteiger partial charge is 0.494 e. The highest BCUT2D eigenvalue weighted by Gasteiger charge is 2.09. The molecular formula is C16H28N2O. The second-order valence-corrected chi connectivity index (χ2v) is 5.32. The van der Waals surface area contributed by atoms with Crippen molar-refractivity contribution in [1.29, 1.82) is 0 Å². The molecule has 1 aromatic carbocycles. The van der Waals surface area contributed by atoms with E-state index in [1.54, 1.807) is 0 Å². The molecule has 3 N–H and O–H groups in total. The highest BCUT2D eigenvalue weighted by molar-refractivity contribution is 5.36. The molecule has 0 spiro atoms. The van der Waals surface area contributed by atoms with E-state index >= 15 is 0 Å². The molecule has 19 heavy (non-hydrogen) atoms. The van der Waals surface area contributed by atoms with Gasteiger partial charge in [-0.15, -0.1) is 0 Å². The van der Waals surface area contributed by atoms with Crippen LogP contribution in [0.3, 0.4) is 0 Å². The smallest absolute Gasteiger partial charge is 0.122 e. The topological polar surface area (TPSA) is 47.3 Å². The van der Waals surface area contributed by atoms with Gasteiger partial charge in [-0.2, -0.15) is 0 Å². The number of nitrogens with two attached hydrogens (primary N) is 1. The van der Waals surface area contributed by atoms with Crippen molar-refractivity contribution in [1.82, 2.24) is 5.32 Å². The van der Waals surface area contributed by atoms with E-state index < -0.39 is 0 Å². The van der Waals surface area contributed by atoms with Crippen LogP contribution in [0.15, 0.2) is 18.2 Å². The number of hydrogen-bond acceptors (Lipinski definition) is 3. The Labute approximate surface area is 117 Å². The molecule has 1 rings (SSSR count). The van der Waals surface area contributed by atoms with Crippen molar-refractivity contribution >= 4 is 0 Å². The molecule has 0 radical (unpaired) electrons. The minimum Gasteiger partial charge on any atom is -0.494 e. The quantitative estimate of drug-likeness (QED) is 0.758. The van der Waals surface area contributed by atoms with Gasteiger partial charge in [-0.25, -0.2) is 0 Å². The third-order valence-electron chi connectivity index (χ3n) is 3.42. The maximum absolute atomic E-state index is 5.75. The molecule has 0 saturated heterocycles. The van der Waals surface area contributed by atoms with Crippen molar-refractivity contribution < 1.29 is 4.74 Å². The predicted octanol–water partition coefficient (Wildman–Crippen LogP) is 2.51. The summed E-state index contributed by atoms with van der Waals surface area (Å²) in [6.07, 6.45) is 1.02. The Morgan fingerprint density at radius 3 is 2.58 bits per heavy atom. The number of rotatable bonds is 8. The van der Waals surface area contributed by atoms with Gasteiger partial charge in [-0.1, -0.05) is 26.0 Å². The fourth-order valence-electron chi connectivity index (χ4n) is 2.18. The first kappa shape index (κ1) is 16.0. The average Bonchev–Trinajstić information content (AvgIpc) is 2.37. The molecule has 0 aromatic heterocycles. The Morgan fingerprint density at radius 1 is 1.32 bits per heavy atom. The third-order valence-corrected chi connectivity index (χ3v) is 3.42. The van der Waals surface area contributed by atoms with Crippen LogP contribution in [0, 0.1) is 12.8 Å². The zero-order valence-corrected chi connectivity index (χ0v) is 12.7. The molecule has 0 fully saturated rings. The molecular weight excluding hydrogens is 236 g/mol.